The van der Waals surface area contributed by atoms with Gasteiger partial charge in [-0.3, -0.25) is 4.79 Å². The molecule has 0 unspecified atom stereocenters. The Kier molecular flexibility index (Phi) is 7.39. The van der Waals surface area contributed by atoms with E-state index in [0.29, 0.717) is 0 Å². The zero-order valence-electron chi connectivity index (χ0n) is 10.2. The van der Waals surface area contributed by atoms with Crippen LogP contribution >= 0.6 is 0 Å². The van der Waals surface area contributed by atoms with Crippen LogP contribution in [0.25, 0.3) is 0 Å². The van der Waals surface area contributed by atoms with Crippen molar-refractivity contribution >= 4 is 5.91 Å². The van der Waals surface area contributed by atoms with Crippen LogP contribution in [0.15, 0.2) is 29.5 Å². The highest BCUT2D eigenvalue weighted by Gasteiger charge is 2.02. The minimum atomic E-state index is 0.0622. The predicted octanol–water partition coefficient (Wildman–Crippen LogP) is 2.92. The van der Waals surface area contributed by atoms with Gasteiger partial charge in [0.25, 0.3) is 0 Å². The molecule has 0 radical (unpaired) electrons. The molecular formula is C13H21NO. The Balaban J connectivity index is 4.30. The van der Waals surface area contributed by atoms with Crippen molar-refractivity contribution in [2.24, 2.45) is 0 Å². The number of hydrogen-bond acceptors (Lipinski definition) is 1. The summed E-state index contributed by atoms with van der Waals surface area (Å²) in [4.78, 5) is 13.3. The lowest BCUT2D eigenvalue weighted by Gasteiger charge is -2.15. The molecule has 0 aromatic rings. The number of hydrogen-bond donors (Lipinski definition) is 0. The molecule has 2 nitrogen and oxygen atoms in total. The molecule has 0 atom stereocenters. The summed E-state index contributed by atoms with van der Waals surface area (Å²) in [5, 5.41) is 0. The van der Waals surface area contributed by atoms with Gasteiger partial charge in [-0.05, 0) is 44.9 Å². The van der Waals surface area contributed by atoms with Crippen molar-refractivity contribution in [3.05, 3.63) is 29.5 Å². The van der Waals surface area contributed by atoms with Gasteiger partial charge in [0.1, 0.15) is 0 Å². The number of likely N-dealkylation sites (N-methyl/N-ethyl adjacent to an activating group) is 1. The minimum Gasteiger partial charge on any atom is -0.340 e. The second-order valence-corrected chi connectivity index (χ2v) is 3.31. The van der Waals surface area contributed by atoms with Crippen LogP contribution < -0.4 is 0 Å². The van der Waals surface area contributed by atoms with Crippen LogP contribution in [0.2, 0.25) is 0 Å². The summed E-state index contributed by atoms with van der Waals surface area (Å²) in [6, 6.07) is 0. The second-order valence-electron chi connectivity index (χ2n) is 3.31. The van der Waals surface area contributed by atoms with E-state index in [2.05, 4.69) is 12.7 Å². The average molecular weight is 207 g/mol. The molecule has 0 aromatic heterocycles. The van der Waals surface area contributed by atoms with Gasteiger partial charge in [-0.2, -0.15) is 0 Å². The fourth-order valence-electron chi connectivity index (χ4n) is 1.06. The number of carbonyl (C=O) groups is 1. The highest BCUT2D eigenvalue weighted by atomic mass is 16.2. The maximum atomic E-state index is 11.5. The summed E-state index contributed by atoms with van der Waals surface area (Å²) in [7, 11) is 0. The molecule has 0 saturated heterocycles. The summed E-state index contributed by atoms with van der Waals surface area (Å²) < 4.78 is 0. The van der Waals surface area contributed by atoms with Crippen molar-refractivity contribution in [2.75, 3.05) is 13.1 Å². The molecule has 0 fully saturated rings. The summed E-state index contributed by atoms with van der Waals surface area (Å²) >= 11 is 0. The summed E-state index contributed by atoms with van der Waals surface area (Å²) in [5.41, 5.74) is 4.29. The van der Waals surface area contributed by atoms with Gasteiger partial charge in [0, 0.05) is 19.2 Å². The van der Waals surface area contributed by atoms with Crippen molar-refractivity contribution in [1.29, 1.82) is 0 Å². The Morgan fingerprint density at radius 1 is 1.27 bits per heavy atom. The Labute approximate surface area is 93.0 Å². The van der Waals surface area contributed by atoms with Crippen molar-refractivity contribution < 1.29 is 4.79 Å². The minimum absolute atomic E-state index is 0.0622. The number of amides is 1. The van der Waals surface area contributed by atoms with Crippen LogP contribution in [0.1, 0.15) is 34.1 Å². The number of allylic oxidation sites excluding steroid dienone is 2. The molecule has 1 amide bonds. The molecule has 0 aliphatic heterocycles. The monoisotopic (exact) mass is 207 g/mol. The van der Waals surface area contributed by atoms with Crippen LogP contribution in [-0.2, 0) is 4.79 Å². The van der Waals surface area contributed by atoms with E-state index in [4.69, 9.17) is 0 Å². The van der Waals surface area contributed by atoms with Gasteiger partial charge < -0.3 is 4.90 Å². The molecule has 0 bridgehead atoms. The lowest BCUT2D eigenvalue weighted by Crippen LogP contribution is -2.28. The Morgan fingerprint density at radius 2 is 1.87 bits per heavy atom. The van der Waals surface area contributed by atoms with Crippen molar-refractivity contribution in [2.45, 2.75) is 34.1 Å². The van der Waals surface area contributed by atoms with Crippen molar-refractivity contribution in [1.82, 2.24) is 4.90 Å². The van der Waals surface area contributed by atoms with Crippen LogP contribution in [0.3, 0.4) is 0 Å². The third kappa shape index (κ3) is 5.92. The molecule has 0 heterocycles. The first-order valence-electron chi connectivity index (χ1n) is 5.53. The van der Waals surface area contributed by atoms with E-state index in [1.807, 2.05) is 20.8 Å². The van der Waals surface area contributed by atoms with E-state index in [1.54, 1.807) is 23.1 Å². The van der Waals surface area contributed by atoms with Crippen LogP contribution in [0.5, 0.6) is 0 Å². The molecule has 0 N–H and O–H groups in total. The molecule has 0 spiro atoms. The number of nitrogens with zero attached hydrogens (tertiary/aromatic N) is 1. The molecule has 0 saturated carbocycles. The topological polar surface area (TPSA) is 20.3 Å². The van der Waals surface area contributed by atoms with E-state index in [0.717, 1.165) is 19.5 Å². The zero-order valence-corrected chi connectivity index (χ0v) is 10.2. The van der Waals surface area contributed by atoms with Gasteiger partial charge in [-0.15, -0.1) is 5.73 Å². The van der Waals surface area contributed by atoms with Crippen LogP contribution in [-0.4, -0.2) is 23.9 Å². The molecular weight excluding hydrogens is 186 g/mol. The first-order chi connectivity index (χ1) is 7.15. The van der Waals surface area contributed by atoms with Gasteiger partial charge in [-0.1, -0.05) is 6.92 Å². The Bertz CT molecular complexity index is 279. The molecule has 15 heavy (non-hydrogen) atoms. The average Bonchev–Trinajstić information content (AvgIpc) is 2.25. The summed E-state index contributed by atoms with van der Waals surface area (Å²) in [5.74, 6) is 0.0622. The van der Waals surface area contributed by atoms with E-state index in [-0.39, 0.29) is 5.91 Å². The third-order valence-corrected chi connectivity index (χ3v) is 2.27. The molecule has 0 aliphatic carbocycles. The van der Waals surface area contributed by atoms with Crippen LogP contribution in [0.4, 0.5) is 0 Å². The lowest BCUT2D eigenvalue weighted by molar-refractivity contribution is -0.125. The van der Waals surface area contributed by atoms with E-state index in [1.165, 1.54) is 5.57 Å². The standard InChI is InChI=1S/C13H21NO/c1-5-12(4)10-8-9-11-13(15)14(6-2)7-3/h8-9,11H,5-7H2,1-4H3/b11-9+. The van der Waals surface area contributed by atoms with Gasteiger partial charge in [-0.25, -0.2) is 0 Å². The maximum Gasteiger partial charge on any atom is 0.246 e. The fraction of sp³-hybridized carbons (Fsp3) is 0.538. The fourth-order valence-corrected chi connectivity index (χ4v) is 1.06. The van der Waals surface area contributed by atoms with Gasteiger partial charge in [0.15, 0.2) is 0 Å². The SMILES string of the molecule is CCC(C)=C=C/C=C/C(=O)N(CC)CC. The lowest BCUT2D eigenvalue weighted by atomic mass is 10.2. The normalized spacial score (nSPS) is 9.87. The highest BCUT2D eigenvalue weighted by Crippen LogP contribution is 1.94. The first-order valence-corrected chi connectivity index (χ1v) is 5.53. The van der Waals surface area contributed by atoms with Gasteiger partial charge in [0.05, 0.1) is 0 Å². The Morgan fingerprint density at radius 3 is 2.33 bits per heavy atom. The van der Waals surface area contributed by atoms with E-state index < -0.39 is 0 Å². The molecule has 0 aliphatic rings. The molecule has 2 heteroatoms. The van der Waals surface area contributed by atoms with Crippen molar-refractivity contribution in [3.8, 4) is 0 Å². The quantitative estimate of drug-likeness (QED) is 0.385. The number of carbonyl (C=O) groups excluding carboxylic acids is 1. The molecule has 0 rings (SSSR count). The first kappa shape index (κ1) is 13.7. The highest BCUT2D eigenvalue weighted by molar-refractivity contribution is 5.87. The summed E-state index contributed by atoms with van der Waals surface area (Å²) in [6.07, 6.45) is 6.12. The van der Waals surface area contributed by atoms with E-state index >= 15 is 0 Å². The number of rotatable bonds is 5. The van der Waals surface area contributed by atoms with Gasteiger partial charge in [0.2, 0.25) is 5.91 Å². The molecule has 0 aromatic carbocycles. The molecule has 84 valence electrons. The maximum absolute atomic E-state index is 11.5. The predicted molar refractivity (Wildman–Crippen MR) is 64.6 cm³/mol. The Hall–Kier alpha value is -1.27. The van der Waals surface area contributed by atoms with Crippen LogP contribution in [0, 0.1) is 0 Å². The summed E-state index contributed by atoms with van der Waals surface area (Å²) in [6.45, 7) is 9.58. The largest absolute Gasteiger partial charge is 0.340 e. The third-order valence-electron chi connectivity index (χ3n) is 2.27. The smallest absolute Gasteiger partial charge is 0.246 e. The second kappa shape index (κ2) is 8.07. The van der Waals surface area contributed by atoms with E-state index in [9.17, 15) is 4.79 Å². The van der Waals surface area contributed by atoms with Crippen molar-refractivity contribution in [3.63, 3.8) is 0 Å². The zero-order chi connectivity index (χ0) is 11.7. The van der Waals surface area contributed by atoms with Gasteiger partial charge >= 0.3 is 0 Å².